The van der Waals surface area contributed by atoms with Crippen molar-refractivity contribution >= 4 is 0 Å². The summed E-state index contributed by atoms with van der Waals surface area (Å²) in [6.45, 7) is 4.68. The average Bonchev–Trinajstić information content (AvgIpc) is 2.15. The van der Waals surface area contributed by atoms with Crippen LogP contribution in [0.2, 0.25) is 0 Å². The zero-order valence-corrected chi connectivity index (χ0v) is 6.04. The first-order valence-electron chi connectivity index (χ1n) is 3.55. The summed E-state index contributed by atoms with van der Waals surface area (Å²) in [5, 5.41) is 8.80. The van der Waals surface area contributed by atoms with Crippen molar-refractivity contribution < 1.29 is 5.11 Å². The van der Waals surface area contributed by atoms with Gasteiger partial charge < -0.3 is 5.11 Å². The maximum Gasteiger partial charge on any atom is 0.0496 e. The molecule has 0 unspecified atom stereocenters. The van der Waals surface area contributed by atoms with Gasteiger partial charge in [0.25, 0.3) is 0 Å². The van der Waals surface area contributed by atoms with E-state index in [1.807, 2.05) is 0 Å². The fourth-order valence-corrected chi connectivity index (χ4v) is 1.29. The van der Waals surface area contributed by atoms with Crippen LogP contribution in [0, 0.1) is 17.8 Å². The first kappa shape index (κ1) is 6.81. The zero-order chi connectivity index (χ0) is 6.85. The molecule has 1 aliphatic carbocycles. The van der Waals surface area contributed by atoms with Gasteiger partial charge in [0.05, 0.1) is 0 Å². The Bertz CT molecular complexity index is 118. The molecule has 0 aromatic carbocycles. The summed E-state index contributed by atoms with van der Waals surface area (Å²) >= 11 is 0. The number of allylic oxidation sites excluding steroid dienone is 1. The third-order valence-electron chi connectivity index (χ3n) is 2.38. The molecule has 9 heavy (non-hydrogen) atoms. The van der Waals surface area contributed by atoms with Gasteiger partial charge in [0.15, 0.2) is 0 Å². The Kier molecular flexibility index (Phi) is 1.91. The molecule has 0 saturated carbocycles. The number of hydrogen-bond donors (Lipinski definition) is 1. The van der Waals surface area contributed by atoms with E-state index < -0.39 is 0 Å². The lowest BCUT2D eigenvalue weighted by Gasteiger charge is -2.14. The van der Waals surface area contributed by atoms with Gasteiger partial charge in [0.1, 0.15) is 0 Å². The molecule has 0 aliphatic heterocycles. The van der Waals surface area contributed by atoms with Gasteiger partial charge in [-0.25, -0.2) is 0 Å². The molecule has 52 valence electrons. The summed E-state index contributed by atoms with van der Waals surface area (Å²) < 4.78 is 0. The third kappa shape index (κ3) is 1.16. The highest BCUT2D eigenvalue weighted by Gasteiger charge is 2.23. The van der Waals surface area contributed by atoms with Crippen LogP contribution in [0.15, 0.2) is 12.2 Å². The van der Waals surface area contributed by atoms with E-state index >= 15 is 0 Å². The fourth-order valence-electron chi connectivity index (χ4n) is 1.29. The highest BCUT2D eigenvalue weighted by atomic mass is 16.3. The van der Waals surface area contributed by atoms with E-state index in [4.69, 9.17) is 5.11 Å². The van der Waals surface area contributed by atoms with Crippen LogP contribution in [0.1, 0.15) is 13.8 Å². The molecule has 1 heteroatoms. The summed E-state index contributed by atoms with van der Waals surface area (Å²) in [4.78, 5) is 0. The minimum Gasteiger partial charge on any atom is -0.396 e. The van der Waals surface area contributed by atoms with Crippen LogP contribution in [0.5, 0.6) is 0 Å². The molecule has 0 heterocycles. The standard InChI is InChI=1S/C8H14O/c1-6-3-4-8(5-9)7(6)2/h3-4,6-9H,5H2,1-2H3/t6-,7+,8-/m1/s1. The van der Waals surface area contributed by atoms with Gasteiger partial charge in [0.2, 0.25) is 0 Å². The van der Waals surface area contributed by atoms with Crippen molar-refractivity contribution in [1.82, 2.24) is 0 Å². The molecule has 1 nitrogen and oxygen atoms in total. The minimum atomic E-state index is 0.308. The lowest BCUT2D eigenvalue weighted by atomic mass is 9.92. The van der Waals surface area contributed by atoms with E-state index in [0.717, 1.165) is 0 Å². The molecule has 0 aromatic heterocycles. The molecule has 1 aliphatic rings. The van der Waals surface area contributed by atoms with Crippen LogP contribution in [0.4, 0.5) is 0 Å². The summed E-state index contributed by atoms with van der Waals surface area (Å²) in [5.41, 5.74) is 0. The second-order valence-corrected chi connectivity index (χ2v) is 2.95. The van der Waals surface area contributed by atoms with Crippen molar-refractivity contribution in [1.29, 1.82) is 0 Å². The topological polar surface area (TPSA) is 20.2 Å². The summed E-state index contributed by atoms with van der Waals surface area (Å²) in [6, 6.07) is 0. The van der Waals surface area contributed by atoms with Gasteiger partial charge in [-0.3, -0.25) is 0 Å². The van der Waals surface area contributed by atoms with E-state index in [-0.39, 0.29) is 0 Å². The zero-order valence-electron chi connectivity index (χ0n) is 6.04. The molecular weight excluding hydrogens is 112 g/mol. The first-order valence-corrected chi connectivity index (χ1v) is 3.55. The highest BCUT2D eigenvalue weighted by molar-refractivity contribution is 5.03. The van der Waals surface area contributed by atoms with E-state index in [1.54, 1.807) is 0 Å². The maximum absolute atomic E-state index is 8.80. The van der Waals surface area contributed by atoms with Crippen molar-refractivity contribution in [2.24, 2.45) is 17.8 Å². The lowest BCUT2D eigenvalue weighted by molar-refractivity contribution is 0.209. The normalized spacial score (nSPS) is 41.9. The molecule has 0 bridgehead atoms. The number of hydrogen-bond acceptors (Lipinski definition) is 1. The predicted molar refractivity (Wildman–Crippen MR) is 38.0 cm³/mol. The second-order valence-electron chi connectivity index (χ2n) is 2.95. The molecule has 0 fully saturated rings. The van der Waals surface area contributed by atoms with Crippen molar-refractivity contribution in [2.75, 3.05) is 6.61 Å². The Balaban J connectivity index is 2.51. The summed E-state index contributed by atoms with van der Waals surface area (Å²) in [7, 11) is 0. The van der Waals surface area contributed by atoms with Crippen LogP contribution < -0.4 is 0 Å². The number of aliphatic hydroxyl groups is 1. The monoisotopic (exact) mass is 126 g/mol. The van der Waals surface area contributed by atoms with Crippen LogP contribution in [-0.2, 0) is 0 Å². The average molecular weight is 126 g/mol. The lowest BCUT2D eigenvalue weighted by Crippen LogP contribution is -2.13. The van der Waals surface area contributed by atoms with Crippen LogP contribution >= 0.6 is 0 Å². The minimum absolute atomic E-state index is 0.308. The highest BCUT2D eigenvalue weighted by Crippen LogP contribution is 2.29. The molecule has 0 aromatic rings. The second kappa shape index (κ2) is 2.53. The Morgan fingerprint density at radius 3 is 2.22 bits per heavy atom. The van der Waals surface area contributed by atoms with Crippen molar-refractivity contribution in [3.05, 3.63) is 12.2 Å². The first-order chi connectivity index (χ1) is 4.25. The molecule has 3 atom stereocenters. The van der Waals surface area contributed by atoms with Gasteiger partial charge in [-0.15, -0.1) is 0 Å². The van der Waals surface area contributed by atoms with Gasteiger partial charge >= 0.3 is 0 Å². The van der Waals surface area contributed by atoms with E-state index in [0.29, 0.717) is 24.4 Å². The Morgan fingerprint density at radius 2 is 2.00 bits per heavy atom. The molecule has 0 radical (unpaired) electrons. The smallest absolute Gasteiger partial charge is 0.0496 e. The molecule has 0 saturated heterocycles. The Hall–Kier alpha value is -0.300. The Morgan fingerprint density at radius 1 is 1.33 bits per heavy atom. The number of aliphatic hydroxyl groups excluding tert-OH is 1. The van der Waals surface area contributed by atoms with Crippen molar-refractivity contribution in [3.8, 4) is 0 Å². The van der Waals surface area contributed by atoms with Gasteiger partial charge in [-0.1, -0.05) is 26.0 Å². The Labute approximate surface area is 56.4 Å². The predicted octanol–water partition coefficient (Wildman–Crippen LogP) is 1.44. The van der Waals surface area contributed by atoms with E-state index in [2.05, 4.69) is 26.0 Å². The van der Waals surface area contributed by atoms with Gasteiger partial charge in [0, 0.05) is 12.5 Å². The van der Waals surface area contributed by atoms with Crippen LogP contribution in [-0.4, -0.2) is 11.7 Å². The third-order valence-corrected chi connectivity index (χ3v) is 2.38. The van der Waals surface area contributed by atoms with E-state index in [1.165, 1.54) is 0 Å². The van der Waals surface area contributed by atoms with Crippen LogP contribution in [0.3, 0.4) is 0 Å². The molecule has 1 N–H and O–H groups in total. The van der Waals surface area contributed by atoms with Crippen LogP contribution in [0.25, 0.3) is 0 Å². The number of rotatable bonds is 1. The van der Waals surface area contributed by atoms with Gasteiger partial charge in [-0.05, 0) is 11.8 Å². The SMILES string of the molecule is C[C@H]1[C@H](C)C=C[C@@H]1CO. The summed E-state index contributed by atoms with van der Waals surface area (Å²) in [5.74, 6) is 1.71. The quantitative estimate of drug-likeness (QED) is 0.527. The van der Waals surface area contributed by atoms with E-state index in [9.17, 15) is 0 Å². The molecular formula is C8H14O. The van der Waals surface area contributed by atoms with Crippen molar-refractivity contribution in [2.45, 2.75) is 13.8 Å². The summed E-state index contributed by atoms with van der Waals surface area (Å²) in [6.07, 6.45) is 4.31. The molecule has 0 amide bonds. The van der Waals surface area contributed by atoms with Crippen molar-refractivity contribution in [3.63, 3.8) is 0 Å². The fraction of sp³-hybridized carbons (Fsp3) is 0.750. The maximum atomic E-state index is 8.80. The van der Waals surface area contributed by atoms with Gasteiger partial charge in [-0.2, -0.15) is 0 Å². The molecule has 0 spiro atoms. The largest absolute Gasteiger partial charge is 0.396 e. The molecule has 1 rings (SSSR count).